The van der Waals surface area contributed by atoms with E-state index < -0.39 is 12.1 Å². The van der Waals surface area contributed by atoms with Crippen LogP contribution < -0.4 is 10.6 Å². The van der Waals surface area contributed by atoms with Crippen LogP contribution in [0.2, 0.25) is 0 Å². The van der Waals surface area contributed by atoms with Gasteiger partial charge in [0.2, 0.25) is 5.91 Å². The fraction of sp³-hybridized carbons (Fsp3) is 0.364. The van der Waals surface area contributed by atoms with Crippen molar-refractivity contribution in [1.29, 1.82) is 0 Å². The molecule has 5 nitrogen and oxygen atoms in total. The van der Waals surface area contributed by atoms with Crippen molar-refractivity contribution in [3.8, 4) is 0 Å². The van der Waals surface area contributed by atoms with E-state index in [0.717, 1.165) is 24.0 Å². The number of amides is 2. The zero-order valence-corrected chi connectivity index (χ0v) is 15.8. The molecular weight excluding hydrogens is 340 g/mol. The molecule has 0 aliphatic heterocycles. The largest absolute Gasteiger partial charge is 0.445 e. The molecule has 1 fully saturated rings. The molecule has 0 bridgehead atoms. The minimum atomic E-state index is -0.667. The third kappa shape index (κ3) is 5.58. The van der Waals surface area contributed by atoms with Gasteiger partial charge in [-0.15, -0.1) is 0 Å². The molecule has 2 N–H and O–H groups in total. The van der Waals surface area contributed by atoms with E-state index in [-0.39, 0.29) is 18.6 Å². The lowest BCUT2D eigenvalue weighted by molar-refractivity contribution is -0.123. The Bertz CT molecular complexity index is 770. The Hall–Kier alpha value is -2.82. The second-order valence-corrected chi connectivity index (χ2v) is 7.16. The van der Waals surface area contributed by atoms with E-state index >= 15 is 0 Å². The Kier molecular flexibility index (Phi) is 6.12. The predicted molar refractivity (Wildman–Crippen MR) is 104 cm³/mol. The highest BCUT2D eigenvalue weighted by Gasteiger charge is 2.34. The van der Waals surface area contributed by atoms with Gasteiger partial charge in [-0.2, -0.15) is 0 Å². The summed E-state index contributed by atoms with van der Waals surface area (Å²) in [6.07, 6.45) is 1.62. The lowest BCUT2D eigenvalue weighted by Crippen LogP contribution is -2.46. The Labute approximate surface area is 160 Å². The summed E-state index contributed by atoms with van der Waals surface area (Å²) in [5.74, 6) is 0.262. The zero-order valence-electron chi connectivity index (χ0n) is 15.8. The number of carbonyl (C=O) groups excluding carboxylic acids is 2. The normalized spacial score (nSPS) is 15.5. The number of benzene rings is 2. The molecule has 2 aromatic carbocycles. The van der Waals surface area contributed by atoms with Gasteiger partial charge in [0.25, 0.3) is 0 Å². The second kappa shape index (κ2) is 8.71. The summed E-state index contributed by atoms with van der Waals surface area (Å²) in [5, 5.41) is 5.69. The van der Waals surface area contributed by atoms with Crippen LogP contribution in [0.15, 0.2) is 54.6 Å². The van der Waals surface area contributed by atoms with Gasteiger partial charge in [0.05, 0.1) is 6.04 Å². The van der Waals surface area contributed by atoms with E-state index in [1.54, 1.807) is 6.92 Å². The molecule has 1 unspecified atom stereocenters. The van der Waals surface area contributed by atoms with Crippen LogP contribution in [0.1, 0.15) is 42.5 Å². The van der Waals surface area contributed by atoms with E-state index in [0.29, 0.717) is 5.92 Å². The predicted octanol–water partition coefficient (Wildman–Crippen LogP) is 3.88. The highest BCUT2D eigenvalue weighted by Crippen LogP contribution is 2.41. The molecule has 3 rings (SSSR count). The summed E-state index contributed by atoms with van der Waals surface area (Å²) < 4.78 is 5.18. The molecule has 5 heteroatoms. The minimum absolute atomic E-state index is 0.0114. The van der Waals surface area contributed by atoms with Gasteiger partial charge in [-0.05, 0) is 43.7 Å². The van der Waals surface area contributed by atoms with Crippen LogP contribution in [0.3, 0.4) is 0 Å². The monoisotopic (exact) mass is 366 g/mol. The topological polar surface area (TPSA) is 67.4 Å². The fourth-order valence-corrected chi connectivity index (χ4v) is 2.96. The molecule has 2 aromatic rings. The molecule has 0 heterocycles. The number of rotatable bonds is 7. The minimum Gasteiger partial charge on any atom is -0.445 e. The quantitative estimate of drug-likeness (QED) is 0.781. The van der Waals surface area contributed by atoms with Gasteiger partial charge in [-0.1, -0.05) is 60.2 Å². The van der Waals surface area contributed by atoms with E-state index in [1.807, 2.05) is 37.3 Å². The molecule has 2 atom stereocenters. The summed E-state index contributed by atoms with van der Waals surface area (Å²) in [6, 6.07) is 17.0. The summed E-state index contributed by atoms with van der Waals surface area (Å²) >= 11 is 0. The van der Waals surface area contributed by atoms with Crippen molar-refractivity contribution < 1.29 is 14.3 Å². The molecule has 142 valence electrons. The van der Waals surface area contributed by atoms with Crippen LogP contribution in [-0.2, 0) is 16.1 Å². The standard InChI is InChI=1S/C22H26N2O3/c1-15-8-10-18(11-9-15)20(19-12-13-19)24-21(25)16(2)23-22(26)27-14-17-6-4-3-5-7-17/h3-11,16,19-20H,12-14H2,1-2H3,(H,23,26)(H,24,25)/t16-,20?/m0/s1. The molecule has 0 aromatic heterocycles. The Morgan fingerprint density at radius 2 is 1.70 bits per heavy atom. The number of hydrogen-bond acceptors (Lipinski definition) is 3. The average molecular weight is 366 g/mol. The zero-order chi connectivity index (χ0) is 19.2. The van der Waals surface area contributed by atoms with Gasteiger partial charge < -0.3 is 15.4 Å². The first-order chi connectivity index (χ1) is 13.0. The van der Waals surface area contributed by atoms with Crippen molar-refractivity contribution in [3.63, 3.8) is 0 Å². The molecular formula is C22H26N2O3. The van der Waals surface area contributed by atoms with Gasteiger partial charge in [-0.25, -0.2) is 4.79 Å². The van der Waals surface area contributed by atoms with E-state index in [2.05, 4.69) is 34.9 Å². The summed E-state index contributed by atoms with van der Waals surface area (Å²) in [7, 11) is 0. The van der Waals surface area contributed by atoms with Crippen LogP contribution in [0, 0.1) is 12.8 Å². The maximum atomic E-state index is 12.6. The first kappa shape index (κ1) is 19.0. The van der Waals surface area contributed by atoms with Gasteiger partial charge in [0.1, 0.15) is 12.6 Å². The van der Waals surface area contributed by atoms with E-state index in [4.69, 9.17) is 4.74 Å². The third-order valence-electron chi connectivity index (χ3n) is 4.77. The van der Waals surface area contributed by atoms with Crippen LogP contribution in [0.4, 0.5) is 4.79 Å². The summed E-state index contributed by atoms with van der Waals surface area (Å²) in [4.78, 5) is 24.5. The lowest BCUT2D eigenvalue weighted by atomic mass is 10.0. The Morgan fingerprint density at radius 1 is 1.04 bits per heavy atom. The highest BCUT2D eigenvalue weighted by molar-refractivity contribution is 5.85. The molecule has 1 aliphatic rings. The number of hydrogen-bond donors (Lipinski definition) is 2. The molecule has 27 heavy (non-hydrogen) atoms. The Balaban J connectivity index is 1.51. The summed E-state index contributed by atoms with van der Waals surface area (Å²) in [5.41, 5.74) is 3.20. The SMILES string of the molecule is Cc1ccc(C(NC(=O)[C@H](C)NC(=O)OCc2ccccc2)C2CC2)cc1. The molecule has 0 saturated heterocycles. The van der Waals surface area contributed by atoms with Crippen molar-refractivity contribution in [2.45, 2.75) is 45.4 Å². The van der Waals surface area contributed by atoms with Crippen molar-refractivity contribution in [1.82, 2.24) is 10.6 Å². The fourth-order valence-electron chi connectivity index (χ4n) is 2.96. The van der Waals surface area contributed by atoms with Gasteiger partial charge in [0, 0.05) is 0 Å². The van der Waals surface area contributed by atoms with Crippen molar-refractivity contribution >= 4 is 12.0 Å². The number of aryl methyl sites for hydroxylation is 1. The third-order valence-corrected chi connectivity index (χ3v) is 4.77. The van der Waals surface area contributed by atoms with E-state index in [1.165, 1.54) is 5.56 Å². The van der Waals surface area contributed by atoms with Gasteiger partial charge in [-0.3, -0.25) is 4.79 Å². The maximum absolute atomic E-state index is 12.6. The number of ether oxygens (including phenoxy) is 1. The van der Waals surface area contributed by atoms with Crippen LogP contribution in [0.5, 0.6) is 0 Å². The molecule has 0 spiro atoms. The van der Waals surface area contributed by atoms with Crippen molar-refractivity contribution in [2.24, 2.45) is 5.92 Å². The van der Waals surface area contributed by atoms with Crippen LogP contribution >= 0.6 is 0 Å². The molecule has 1 saturated carbocycles. The maximum Gasteiger partial charge on any atom is 0.408 e. The van der Waals surface area contributed by atoms with Crippen molar-refractivity contribution in [3.05, 3.63) is 71.3 Å². The first-order valence-corrected chi connectivity index (χ1v) is 9.37. The van der Waals surface area contributed by atoms with Crippen LogP contribution in [-0.4, -0.2) is 18.0 Å². The van der Waals surface area contributed by atoms with Gasteiger partial charge >= 0.3 is 6.09 Å². The van der Waals surface area contributed by atoms with Crippen molar-refractivity contribution in [2.75, 3.05) is 0 Å². The van der Waals surface area contributed by atoms with Crippen LogP contribution in [0.25, 0.3) is 0 Å². The average Bonchev–Trinajstić information content (AvgIpc) is 3.51. The molecule has 1 aliphatic carbocycles. The number of nitrogens with one attached hydrogen (secondary N) is 2. The van der Waals surface area contributed by atoms with E-state index in [9.17, 15) is 9.59 Å². The molecule has 0 radical (unpaired) electrons. The smallest absolute Gasteiger partial charge is 0.408 e. The highest BCUT2D eigenvalue weighted by atomic mass is 16.5. The Morgan fingerprint density at radius 3 is 2.33 bits per heavy atom. The summed E-state index contributed by atoms with van der Waals surface area (Å²) in [6.45, 7) is 3.88. The molecule has 2 amide bonds. The first-order valence-electron chi connectivity index (χ1n) is 9.37. The number of carbonyl (C=O) groups is 2. The number of alkyl carbamates (subject to hydrolysis) is 1. The lowest BCUT2D eigenvalue weighted by Gasteiger charge is -2.22. The second-order valence-electron chi connectivity index (χ2n) is 7.16. The van der Waals surface area contributed by atoms with Gasteiger partial charge in [0.15, 0.2) is 0 Å².